The first kappa shape index (κ1) is 16.4. The molecule has 0 aliphatic heterocycles. The second kappa shape index (κ2) is 7.31. The summed E-state index contributed by atoms with van der Waals surface area (Å²) in [4.78, 5) is 11.9. The summed E-state index contributed by atoms with van der Waals surface area (Å²) in [6.07, 6.45) is 1.67. The molecular weight excluding hydrogens is 335 g/mol. The standard InChI is InChI=1S/C12H14Cl2N4O2S/c1-7(11(19)15-3-4-20-2)21-12-17-16-10-9(14)5-8(13)6-18(10)12/h5-7H,3-4H2,1-2H3,(H,15,19)/t7-/m1/s1. The number of thioether (sulfide) groups is 1. The fourth-order valence-corrected chi connectivity index (χ4v) is 2.97. The van der Waals surface area contributed by atoms with Gasteiger partial charge in [-0.2, -0.15) is 0 Å². The second-order valence-corrected chi connectivity index (χ2v) is 6.38. The fraction of sp³-hybridized carbons (Fsp3) is 0.417. The van der Waals surface area contributed by atoms with E-state index in [4.69, 9.17) is 27.9 Å². The van der Waals surface area contributed by atoms with Crippen LogP contribution in [0.2, 0.25) is 10.0 Å². The maximum absolute atomic E-state index is 11.9. The number of rotatable bonds is 6. The predicted molar refractivity (Wildman–Crippen MR) is 83.2 cm³/mol. The molecule has 0 radical (unpaired) electrons. The van der Waals surface area contributed by atoms with Gasteiger partial charge in [0.15, 0.2) is 10.8 Å². The third kappa shape index (κ3) is 4.00. The number of carbonyl (C=O) groups excluding carboxylic acids is 1. The Morgan fingerprint density at radius 1 is 1.52 bits per heavy atom. The number of halogens is 2. The molecule has 0 fully saturated rings. The first-order valence-corrected chi connectivity index (χ1v) is 7.79. The number of nitrogens with zero attached hydrogens (tertiary/aromatic N) is 3. The monoisotopic (exact) mass is 348 g/mol. The molecule has 2 aromatic heterocycles. The highest BCUT2D eigenvalue weighted by atomic mass is 35.5. The third-order valence-electron chi connectivity index (χ3n) is 2.65. The van der Waals surface area contributed by atoms with Crippen molar-refractivity contribution in [1.82, 2.24) is 19.9 Å². The van der Waals surface area contributed by atoms with Crippen LogP contribution in [0.5, 0.6) is 0 Å². The lowest BCUT2D eigenvalue weighted by molar-refractivity contribution is -0.120. The Morgan fingerprint density at radius 2 is 2.29 bits per heavy atom. The fourth-order valence-electron chi connectivity index (χ4n) is 1.61. The van der Waals surface area contributed by atoms with Gasteiger partial charge in [0.2, 0.25) is 5.91 Å². The summed E-state index contributed by atoms with van der Waals surface area (Å²) < 4.78 is 6.56. The Kier molecular flexibility index (Phi) is 5.69. The Labute approximate surface area is 136 Å². The number of nitrogens with one attached hydrogen (secondary N) is 1. The van der Waals surface area contributed by atoms with Crippen molar-refractivity contribution in [3.63, 3.8) is 0 Å². The van der Waals surface area contributed by atoms with Crippen molar-refractivity contribution in [1.29, 1.82) is 0 Å². The molecule has 0 aliphatic carbocycles. The van der Waals surface area contributed by atoms with Gasteiger partial charge in [-0.3, -0.25) is 9.20 Å². The quantitative estimate of drug-likeness (QED) is 0.640. The zero-order valence-corrected chi connectivity index (χ0v) is 13.8. The van der Waals surface area contributed by atoms with Gasteiger partial charge in [-0.25, -0.2) is 0 Å². The van der Waals surface area contributed by atoms with Gasteiger partial charge < -0.3 is 10.1 Å². The molecule has 1 amide bonds. The van der Waals surface area contributed by atoms with Crippen molar-refractivity contribution in [2.24, 2.45) is 0 Å². The molecule has 0 unspecified atom stereocenters. The van der Waals surface area contributed by atoms with Gasteiger partial charge in [0.1, 0.15) is 0 Å². The molecular formula is C12H14Cl2N4O2S. The van der Waals surface area contributed by atoms with Crippen LogP contribution in [0.4, 0.5) is 0 Å². The molecule has 2 heterocycles. The van der Waals surface area contributed by atoms with E-state index in [9.17, 15) is 4.79 Å². The molecule has 0 saturated heterocycles. The number of hydrogen-bond donors (Lipinski definition) is 1. The molecule has 2 aromatic rings. The van der Waals surface area contributed by atoms with Crippen LogP contribution in [0.15, 0.2) is 17.4 Å². The minimum atomic E-state index is -0.327. The summed E-state index contributed by atoms with van der Waals surface area (Å²) >= 11 is 13.3. The first-order valence-electron chi connectivity index (χ1n) is 6.16. The molecule has 21 heavy (non-hydrogen) atoms. The zero-order valence-electron chi connectivity index (χ0n) is 11.5. The van der Waals surface area contributed by atoms with E-state index in [1.165, 1.54) is 11.8 Å². The molecule has 6 nitrogen and oxygen atoms in total. The SMILES string of the molecule is COCCNC(=O)[C@@H](C)Sc1nnc2c(Cl)cc(Cl)cn12. The lowest BCUT2D eigenvalue weighted by Gasteiger charge is -2.10. The lowest BCUT2D eigenvalue weighted by atomic mass is 10.4. The Bertz CT molecular complexity index is 649. The summed E-state index contributed by atoms with van der Waals surface area (Å²) in [6, 6.07) is 1.60. The van der Waals surface area contributed by atoms with E-state index in [0.29, 0.717) is 34.0 Å². The molecule has 1 atom stereocenters. The molecule has 0 spiro atoms. The number of pyridine rings is 1. The van der Waals surface area contributed by atoms with Crippen molar-refractivity contribution in [3.8, 4) is 0 Å². The number of methoxy groups -OCH3 is 1. The zero-order chi connectivity index (χ0) is 15.4. The number of fused-ring (bicyclic) bond motifs is 1. The molecule has 2 rings (SSSR count). The maximum atomic E-state index is 11.9. The van der Waals surface area contributed by atoms with Gasteiger partial charge in [0.05, 0.1) is 21.9 Å². The summed E-state index contributed by atoms with van der Waals surface area (Å²) in [6.45, 7) is 2.74. The molecule has 114 valence electrons. The highest BCUT2D eigenvalue weighted by Gasteiger charge is 2.18. The van der Waals surface area contributed by atoms with Crippen molar-refractivity contribution in [2.45, 2.75) is 17.3 Å². The van der Waals surface area contributed by atoms with Crippen LogP contribution in [-0.2, 0) is 9.53 Å². The van der Waals surface area contributed by atoms with E-state index in [2.05, 4.69) is 15.5 Å². The molecule has 9 heteroatoms. The van der Waals surface area contributed by atoms with Crippen molar-refractivity contribution in [2.75, 3.05) is 20.3 Å². The van der Waals surface area contributed by atoms with Crippen molar-refractivity contribution in [3.05, 3.63) is 22.3 Å². The maximum Gasteiger partial charge on any atom is 0.233 e. The van der Waals surface area contributed by atoms with Gasteiger partial charge in [0.25, 0.3) is 0 Å². The van der Waals surface area contributed by atoms with E-state index in [0.717, 1.165) is 0 Å². The number of ether oxygens (including phenoxy) is 1. The minimum Gasteiger partial charge on any atom is -0.383 e. The van der Waals surface area contributed by atoms with E-state index in [1.54, 1.807) is 30.7 Å². The minimum absolute atomic E-state index is 0.0954. The van der Waals surface area contributed by atoms with Crippen LogP contribution in [0.25, 0.3) is 5.65 Å². The third-order valence-corrected chi connectivity index (χ3v) is 4.19. The van der Waals surface area contributed by atoms with Crippen LogP contribution in [-0.4, -0.2) is 46.0 Å². The number of hydrogen-bond acceptors (Lipinski definition) is 5. The summed E-state index contributed by atoms with van der Waals surface area (Å²) in [7, 11) is 1.58. The van der Waals surface area contributed by atoms with E-state index in [1.807, 2.05) is 0 Å². The smallest absolute Gasteiger partial charge is 0.233 e. The molecule has 0 saturated carbocycles. The highest BCUT2D eigenvalue weighted by molar-refractivity contribution is 8.00. The average Bonchev–Trinajstić information content (AvgIpc) is 2.82. The van der Waals surface area contributed by atoms with Gasteiger partial charge >= 0.3 is 0 Å². The van der Waals surface area contributed by atoms with E-state index < -0.39 is 0 Å². The predicted octanol–water partition coefficient (Wildman–Crippen LogP) is 2.28. The van der Waals surface area contributed by atoms with Crippen LogP contribution in [0, 0.1) is 0 Å². The first-order chi connectivity index (χ1) is 10.0. The van der Waals surface area contributed by atoms with Gasteiger partial charge in [-0.15, -0.1) is 10.2 Å². The van der Waals surface area contributed by atoms with E-state index >= 15 is 0 Å². The van der Waals surface area contributed by atoms with Gasteiger partial charge in [0, 0.05) is 19.9 Å². The highest BCUT2D eigenvalue weighted by Crippen LogP contribution is 2.27. The van der Waals surface area contributed by atoms with Crippen molar-refractivity contribution < 1.29 is 9.53 Å². The van der Waals surface area contributed by atoms with E-state index in [-0.39, 0.29) is 11.2 Å². The molecule has 0 aliphatic rings. The topological polar surface area (TPSA) is 68.5 Å². The summed E-state index contributed by atoms with van der Waals surface area (Å²) in [5.74, 6) is -0.0954. The molecule has 1 N–H and O–H groups in total. The summed E-state index contributed by atoms with van der Waals surface area (Å²) in [5, 5.41) is 11.9. The Hall–Kier alpha value is -1.02. The van der Waals surface area contributed by atoms with Gasteiger partial charge in [-0.1, -0.05) is 35.0 Å². The molecule has 0 bridgehead atoms. The van der Waals surface area contributed by atoms with Crippen LogP contribution >= 0.6 is 35.0 Å². The van der Waals surface area contributed by atoms with Gasteiger partial charge in [-0.05, 0) is 13.0 Å². The lowest BCUT2D eigenvalue weighted by Crippen LogP contribution is -2.33. The number of amides is 1. The number of aromatic nitrogens is 3. The average molecular weight is 349 g/mol. The summed E-state index contributed by atoms with van der Waals surface area (Å²) in [5.41, 5.74) is 0.510. The van der Waals surface area contributed by atoms with Crippen LogP contribution in [0.1, 0.15) is 6.92 Å². The van der Waals surface area contributed by atoms with Crippen LogP contribution in [0.3, 0.4) is 0 Å². The number of carbonyl (C=O) groups is 1. The normalized spacial score (nSPS) is 12.6. The van der Waals surface area contributed by atoms with Crippen LogP contribution < -0.4 is 5.32 Å². The molecule has 0 aromatic carbocycles. The Balaban J connectivity index is 2.11. The second-order valence-electron chi connectivity index (χ2n) is 4.23. The largest absolute Gasteiger partial charge is 0.383 e. The Morgan fingerprint density at radius 3 is 3.00 bits per heavy atom. The van der Waals surface area contributed by atoms with Crippen molar-refractivity contribution >= 4 is 46.5 Å².